The van der Waals surface area contributed by atoms with E-state index < -0.39 is 0 Å². The highest BCUT2D eigenvalue weighted by Crippen LogP contribution is 2.20. The zero-order valence-corrected chi connectivity index (χ0v) is 15.0. The van der Waals surface area contributed by atoms with Crippen molar-refractivity contribution in [2.24, 2.45) is 5.92 Å². The van der Waals surface area contributed by atoms with Gasteiger partial charge in [-0.3, -0.25) is 4.79 Å². The summed E-state index contributed by atoms with van der Waals surface area (Å²) in [5, 5.41) is 4.05. The van der Waals surface area contributed by atoms with Crippen molar-refractivity contribution in [2.75, 3.05) is 25.0 Å². The molecule has 1 aromatic heterocycles. The van der Waals surface area contributed by atoms with Crippen LogP contribution in [-0.2, 0) is 11.2 Å². The lowest BCUT2D eigenvalue weighted by Gasteiger charge is -2.31. The molecule has 0 bridgehead atoms. The highest BCUT2D eigenvalue weighted by atomic mass is 31.0. The van der Waals surface area contributed by atoms with E-state index in [0.29, 0.717) is 6.42 Å². The van der Waals surface area contributed by atoms with Crippen molar-refractivity contribution < 1.29 is 4.79 Å². The normalized spacial score (nSPS) is 16.2. The summed E-state index contributed by atoms with van der Waals surface area (Å²) >= 11 is 0. The number of carbonyl (C=O) groups excluding carboxylic acids is 1. The van der Waals surface area contributed by atoms with Gasteiger partial charge >= 0.3 is 0 Å². The first kappa shape index (κ1) is 17.1. The maximum atomic E-state index is 12.1. The molecule has 2 heterocycles. The molecule has 1 aliphatic rings. The van der Waals surface area contributed by atoms with Gasteiger partial charge < -0.3 is 15.2 Å². The van der Waals surface area contributed by atoms with E-state index in [1.165, 1.54) is 18.5 Å². The van der Waals surface area contributed by atoms with Crippen LogP contribution in [-0.4, -0.2) is 40.4 Å². The molecule has 0 aliphatic carbocycles. The number of likely N-dealkylation sites (tertiary alicyclic amines) is 1. The molecule has 1 unspecified atom stereocenters. The molecule has 24 heavy (non-hydrogen) atoms. The van der Waals surface area contributed by atoms with Crippen molar-refractivity contribution in [1.82, 2.24) is 14.9 Å². The lowest BCUT2D eigenvalue weighted by molar-refractivity contribution is -0.116. The van der Waals surface area contributed by atoms with Crippen LogP contribution in [0.5, 0.6) is 0 Å². The fraction of sp³-hybridized carbons (Fsp3) is 0.444. The van der Waals surface area contributed by atoms with E-state index in [0.717, 1.165) is 43.0 Å². The van der Waals surface area contributed by atoms with Crippen molar-refractivity contribution in [2.45, 2.75) is 25.7 Å². The molecule has 0 radical (unpaired) electrons. The molecule has 2 aromatic rings. The third-order valence-electron chi connectivity index (χ3n) is 4.60. The number of aromatic amines is 1. The molecular weight excluding hydrogens is 319 g/mol. The van der Waals surface area contributed by atoms with E-state index in [2.05, 4.69) is 29.4 Å². The Bertz CT molecular complexity index is 651. The number of nitrogens with zero attached hydrogens (tertiary/aromatic N) is 2. The third-order valence-corrected chi connectivity index (χ3v) is 4.96. The van der Waals surface area contributed by atoms with E-state index in [-0.39, 0.29) is 5.91 Å². The maximum absolute atomic E-state index is 12.1. The zero-order valence-electron chi connectivity index (χ0n) is 13.9. The van der Waals surface area contributed by atoms with Gasteiger partial charge in [0.15, 0.2) is 0 Å². The van der Waals surface area contributed by atoms with E-state index in [9.17, 15) is 4.79 Å². The monoisotopic (exact) mass is 344 g/mol. The van der Waals surface area contributed by atoms with E-state index in [1.807, 2.05) is 30.5 Å². The van der Waals surface area contributed by atoms with E-state index >= 15 is 0 Å². The minimum absolute atomic E-state index is 0.0881. The van der Waals surface area contributed by atoms with Crippen LogP contribution in [0.3, 0.4) is 0 Å². The van der Waals surface area contributed by atoms with Crippen molar-refractivity contribution in [3.8, 4) is 0 Å². The molecule has 5 nitrogen and oxygen atoms in total. The molecule has 3 rings (SSSR count). The molecule has 1 saturated heterocycles. The molecule has 1 atom stereocenters. The predicted octanol–water partition coefficient (Wildman–Crippen LogP) is 2.19. The number of nitrogens with one attached hydrogen (secondary N) is 2. The molecule has 128 valence electrons. The maximum Gasteiger partial charge on any atom is 0.225 e. The summed E-state index contributed by atoms with van der Waals surface area (Å²) in [5.74, 6) is 0.811. The van der Waals surface area contributed by atoms with Gasteiger partial charge in [0, 0.05) is 30.5 Å². The zero-order chi connectivity index (χ0) is 16.8. The van der Waals surface area contributed by atoms with Crippen LogP contribution in [0, 0.1) is 5.92 Å². The topological polar surface area (TPSA) is 61.0 Å². The van der Waals surface area contributed by atoms with Crippen LogP contribution in [0.4, 0.5) is 5.69 Å². The Labute approximate surface area is 145 Å². The largest absolute Gasteiger partial charge is 0.348 e. The minimum Gasteiger partial charge on any atom is -0.348 e. The van der Waals surface area contributed by atoms with Gasteiger partial charge in [0.25, 0.3) is 0 Å². The number of aromatic nitrogens is 2. The molecule has 6 heteroatoms. The van der Waals surface area contributed by atoms with Crippen LogP contribution in [0.1, 0.15) is 25.0 Å². The molecule has 1 fully saturated rings. The SMILES string of the molecule is O=C(CCN1CCC(Cc2cnc[nH]2)CC1)Nc1cccc(P)c1. The molecule has 1 aliphatic heterocycles. The van der Waals surface area contributed by atoms with Gasteiger partial charge in [-0.05, 0) is 55.7 Å². The van der Waals surface area contributed by atoms with E-state index in [4.69, 9.17) is 0 Å². The van der Waals surface area contributed by atoms with E-state index in [1.54, 1.807) is 6.33 Å². The number of H-pyrrole nitrogens is 1. The van der Waals surface area contributed by atoms with Crippen molar-refractivity contribution in [3.63, 3.8) is 0 Å². The quantitative estimate of drug-likeness (QED) is 0.790. The van der Waals surface area contributed by atoms with Gasteiger partial charge in [0.2, 0.25) is 5.91 Å². The van der Waals surface area contributed by atoms with Gasteiger partial charge in [0.1, 0.15) is 0 Å². The second-order valence-corrected chi connectivity index (χ2v) is 7.16. The van der Waals surface area contributed by atoms with Gasteiger partial charge in [-0.25, -0.2) is 4.98 Å². The number of hydrogen-bond donors (Lipinski definition) is 2. The first-order chi connectivity index (χ1) is 11.7. The second kappa shape index (κ2) is 8.41. The van der Waals surface area contributed by atoms with Gasteiger partial charge in [-0.1, -0.05) is 12.1 Å². The number of carbonyl (C=O) groups is 1. The summed E-state index contributed by atoms with van der Waals surface area (Å²) in [6.45, 7) is 2.99. The molecule has 1 aromatic carbocycles. The van der Waals surface area contributed by atoms with Gasteiger partial charge in [-0.15, -0.1) is 9.24 Å². The summed E-state index contributed by atoms with van der Waals surface area (Å²) < 4.78 is 0. The lowest BCUT2D eigenvalue weighted by Crippen LogP contribution is -2.36. The van der Waals surface area contributed by atoms with Gasteiger partial charge in [-0.2, -0.15) is 0 Å². The smallest absolute Gasteiger partial charge is 0.225 e. The average Bonchev–Trinajstić information content (AvgIpc) is 3.07. The fourth-order valence-corrected chi connectivity index (χ4v) is 3.51. The number of rotatable bonds is 6. The summed E-state index contributed by atoms with van der Waals surface area (Å²) in [4.78, 5) is 21.7. The fourth-order valence-electron chi connectivity index (χ4n) is 3.22. The predicted molar refractivity (Wildman–Crippen MR) is 100 cm³/mol. The van der Waals surface area contributed by atoms with Crippen molar-refractivity contribution in [3.05, 3.63) is 42.5 Å². The number of imidazole rings is 1. The van der Waals surface area contributed by atoms with Crippen LogP contribution in [0.25, 0.3) is 0 Å². The third kappa shape index (κ3) is 5.15. The summed E-state index contributed by atoms with van der Waals surface area (Å²) in [6.07, 6.45) is 7.67. The van der Waals surface area contributed by atoms with Gasteiger partial charge in [0.05, 0.1) is 6.33 Å². The molecule has 1 amide bonds. The van der Waals surface area contributed by atoms with Crippen molar-refractivity contribution >= 4 is 26.1 Å². The Morgan fingerprint density at radius 3 is 2.92 bits per heavy atom. The highest BCUT2D eigenvalue weighted by molar-refractivity contribution is 7.27. The Kier molecular flexibility index (Phi) is 6.00. The van der Waals surface area contributed by atoms with Crippen LogP contribution in [0.15, 0.2) is 36.8 Å². The minimum atomic E-state index is 0.0881. The highest BCUT2D eigenvalue weighted by Gasteiger charge is 2.20. The van der Waals surface area contributed by atoms with Crippen molar-refractivity contribution in [1.29, 1.82) is 0 Å². The first-order valence-corrected chi connectivity index (χ1v) is 9.12. The summed E-state index contributed by atoms with van der Waals surface area (Å²) in [6, 6.07) is 7.83. The molecule has 2 N–H and O–H groups in total. The Morgan fingerprint density at radius 1 is 1.38 bits per heavy atom. The number of amides is 1. The lowest BCUT2D eigenvalue weighted by atomic mass is 9.92. The van der Waals surface area contributed by atoms with Crippen LogP contribution < -0.4 is 10.6 Å². The standard InChI is InChI=1S/C18H25N4OP/c23-18(21-15-2-1-3-17(24)11-15)6-9-22-7-4-14(5-8-22)10-16-12-19-13-20-16/h1-3,11-14H,4-10,24H2,(H,19,20)(H,21,23). The van der Waals surface area contributed by atoms with Crippen LogP contribution in [0.2, 0.25) is 0 Å². The Morgan fingerprint density at radius 2 is 2.21 bits per heavy atom. The summed E-state index contributed by atoms with van der Waals surface area (Å²) in [5.41, 5.74) is 2.09. The van der Waals surface area contributed by atoms with Crippen LogP contribution >= 0.6 is 9.24 Å². The number of benzene rings is 1. The number of anilines is 1. The molecular formula is C18H25N4OP. The molecule has 0 spiro atoms. The molecule has 0 saturated carbocycles. The number of piperidine rings is 1. The second-order valence-electron chi connectivity index (χ2n) is 6.49. The Balaban J connectivity index is 1.36. The number of hydrogen-bond acceptors (Lipinski definition) is 3. The summed E-state index contributed by atoms with van der Waals surface area (Å²) in [7, 11) is 2.65. The Hall–Kier alpha value is -1.71. The average molecular weight is 344 g/mol. The first-order valence-electron chi connectivity index (χ1n) is 8.54.